The van der Waals surface area contributed by atoms with Crippen LogP contribution in [0.1, 0.15) is 73.3 Å². The largest absolute Gasteiger partial charge is 0.493 e. The fourth-order valence-corrected chi connectivity index (χ4v) is 6.46. The number of aliphatic hydroxyl groups excluding tert-OH is 1. The lowest BCUT2D eigenvalue weighted by Gasteiger charge is -2.35. The van der Waals surface area contributed by atoms with Crippen LogP contribution in [0.15, 0.2) is 48.5 Å². The minimum Gasteiger partial charge on any atom is -0.493 e. The molecule has 1 aliphatic carbocycles. The summed E-state index contributed by atoms with van der Waals surface area (Å²) in [4.78, 5) is 34.8. The van der Waals surface area contributed by atoms with Crippen molar-refractivity contribution in [3.8, 4) is 11.5 Å². The van der Waals surface area contributed by atoms with Crippen LogP contribution in [-0.2, 0) is 0 Å². The number of rotatable bonds is 11. The molecule has 7 rings (SSSR count). The number of carboxylic acid groups (broad SMARTS) is 1. The molecule has 2 aliphatic heterocycles. The topological polar surface area (TPSA) is 143 Å². The number of carbonyl (C=O) groups excluding carboxylic acids is 1. The first-order valence-corrected chi connectivity index (χ1v) is 17.4. The molecular formula is C37H49N5O6. The fourth-order valence-electron chi connectivity index (χ4n) is 6.46. The van der Waals surface area contributed by atoms with Crippen LogP contribution in [0.3, 0.4) is 0 Å². The van der Waals surface area contributed by atoms with Gasteiger partial charge in [0.25, 0.3) is 5.91 Å². The highest BCUT2D eigenvalue weighted by Crippen LogP contribution is 2.32. The third-order valence-electron chi connectivity index (χ3n) is 9.47. The van der Waals surface area contributed by atoms with Crippen LogP contribution < -0.4 is 14.8 Å². The number of aromatic nitrogens is 2. The van der Waals surface area contributed by atoms with E-state index in [9.17, 15) is 14.7 Å². The van der Waals surface area contributed by atoms with Gasteiger partial charge < -0.3 is 44.8 Å². The monoisotopic (exact) mass is 659 g/mol. The van der Waals surface area contributed by atoms with Gasteiger partial charge in [-0.2, -0.15) is 0 Å². The maximum atomic E-state index is 12.8. The molecule has 0 unspecified atom stereocenters. The summed E-state index contributed by atoms with van der Waals surface area (Å²) < 4.78 is 11.6. The lowest BCUT2D eigenvalue weighted by molar-refractivity contribution is 0.0691. The average molecular weight is 660 g/mol. The summed E-state index contributed by atoms with van der Waals surface area (Å²) in [5.74, 6) is 1.26. The first kappa shape index (κ1) is 33.8. The Morgan fingerprint density at radius 1 is 0.833 bits per heavy atom. The number of nitrogens with one attached hydrogen (secondary N) is 3. The summed E-state index contributed by atoms with van der Waals surface area (Å²) in [5.41, 5.74) is 2.51. The number of aromatic carboxylic acids is 1. The SMILES string of the molecule is CC(C)Oc1cccc2[nH]c(C(=O)NC3CCN(CCN4CCC(O)CC4)CC3)cc12.O=C(O)c1cc2c(OCC3CC3)cccc2[nH]1. The van der Waals surface area contributed by atoms with E-state index in [0.29, 0.717) is 11.6 Å². The summed E-state index contributed by atoms with van der Waals surface area (Å²) in [7, 11) is 0. The third kappa shape index (κ3) is 8.89. The molecule has 4 aromatic rings. The fraction of sp³-hybridized carbons (Fsp3) is 0.514. The first-order chi connectivity index (χ1) is 23.2. The van der Waals surface area contributed by atoms with Gasteiger partial charge in [0.15, 0.2) is 0 Å². The highest BCUT2D eigenvalue weighted by atomic mass is 16.5. The van der Waals surface area contributed by atoms with Gasteiger partial charge in [0, 0.05) is 67.1 Å². The molecule has 0 spiro atoms. The highest BCUT2D eigenvalue weighted by Gasteiger charge is 2.24. The number of amides is 1. The molecule has 0 atom stereocenters. The van der Waals surface area contributed by atoms with Crippen molar-refractivity contribution in [3.05, 3.63) is 59.9 Å². The number of fused-ring (bicyclic) bond motifs is 2. The minimum atomic E-state index is -0.950. The molecule has 1 saturated carbocycles. The van der Waals surface area contributed by atoms with Crippen LogP contribution in [0.25, 0.3) is 21.8 Å². The van der Waals surface area contributed by atoms with Gasteiger partial charge in [-0.15, -0.1) is 0 Å². The van der Waals surface area contributed by atoms with Crippen LogP contribution >= 0.6 is 0 Å². The second kappa shape index (κ2) is 15.4. The van der Waals surface area contributed by atoms with Gasteiger partial charge in [-0.25, -0.2) is 4.79 Å². The molecule has 2 aromatic carbocycles. The molecule has 2 aromatic heterocycles. The molecule has 0 bridgehead atoms. The molecule has 2 saturated heterocycles. The number of hydrogen-bond donors (Lipinski definition) is 5. The van der Waals surface area contributed by atoms with Gasteiger partial charge in [-0.1, -0.05) is 12.1 Å². The van der Waals surface area contributed by atoms with Gasteiger partial charge in [-0.3, -0.25) is 4.79 Å². The Kier molecular flexibility index (Phi) is 10.9. The number of aliphatic hydroxyl groups is 1. The summed E-state index contributed by atoms with van der Waals surface area (Å²) in [6, 6.07) is 15.2. The Morgan fingerprint density at radius 3 is 2.00 bits per heavy atom. The molecule has 258 valence electrons. The van der Waals surface area contributed by atoms with Crippen molar-refractivity contribution < 1.29 is 29.3 Å². The Hall–Kier alpha value is -4.06. The lowest BCUT2D eigenvalue weighted by Crippen LogP contribution is -2.47. The number of ether oxygens (including phenoxy) is 2. The molecule has 5 N–H and O–H groups in total. The standard InChI is InChI=1S/C24H36N4O3.C13H13NO3/c1-17(2)31-23-5-3-4-21-20(23)16-22(26-21)24(30)25-18-6-10-27(11-7-18)14-15-28-12-8-19(29)9-13-28;15-13(16)11-6-9-10(14-11)2-1-3-12(9)17-7-8-4-5-8/h3-5,16-19,26,29H,6-15H2,1-2H3,(H,25,30);1-3,6,8,14H,4-5,7H2,(H,15,16). The van der Waals surface area contributed by atoms with Crippen LogP contribution in [0, 0.1) is 5.92 Å². The average Bonchev–Trinajstić information content (AvgIpc) is 3.61. The summed E-state index contributed by atoms with van der Waals surface area (Å²) >= 11 is 0. The molecular weight excluding hydrogens is 610 g/mol. The summed E-state index contributed by atoms with van der Waals surface area (Å²) in [6.45, 7) is 10.9. The van der Waals surface area contributed by atoms with E-state index in [0.717, 1.165) is 105 Å². The quantitative estimate of drug-likeness (QED) is 0.147. The lowest BCUT2D eigenvalue weighted by atomic mass is 10.0. The van der Waals surface area contributed by atoms with Crippen LogP contribution in [-0.4, -0.2) is 106 Å². The van der Waals surface area contributed by atoms with Gasteiger partial charge >= 0.3 is 5.97 Å². The summed E-state index contributed by atoms with van der Waals surface area (Å²) in [5, 5.41) is 23.6. The van der Waals surface area contributed by atoms with Crippen LogP contribution in [0.4, 0.5) is 0 Å². The summed E-state index contributed by atoms with van der Waals surface area (Å²) in [6.07, 6.45) is 6.21. The predicted molar refractivity (Wildman–Crippen MR) is 186 cm³/mol. The first-order valence-electron chi connectivity index (χ1n) is 17.4. The van der Waals surface area contributed by atoms with E-state index in [-0.39, 0.29) is 29.9 Å². The number of piperidine rings is 2. The molecule has 4 heterocycles. The zero-order valence-corrected chi connectivity index (χ0v) is 28.0. The maximum absolute atomic E-state index is 12.8. The van der Waals surface area contributed by atoms with E-state index in [1.165, 1.54) is 12.8 Å². The molecule has 11 nitrogen and oxygen atoms in total. The Bertz CT molecular complexity index is 1680. The normalized spacial score (nSPS) is 18.2. The minimum absolute atomic E-state index is 0.0444. The molecule has 48 heavy (non-hydrogen) atoms. The maximum Gasteiger partial charge on any atom is 0.352 e. The zero-order chi connectivity index (χ0) is 33.6. The Morgan fingerprint density at radius 2 is 1.40 bits per heavy atom. The van der Waals surface area contributed by atoms with E-state index < -0.39 is 5.97 Å². The number of benzene rings is 2. The number of likely N-dealkylation sites (tertiary alicyclic amines) is 2. The third-order valence-corrected chi connectivity index (χ3v) is 9.47. The predicted octanol–water partition coefficient (Wildman–Crippen LogP) is 5.26. The van der Waals surface area contributed by atoms with Crippen molar-refractivity contribution in [1.29, 1.82) is 0 Å². The second-order valence-corrected chi connectivity index (χ2v) is 13.7. The van der Waals surface area contributed by atoms with Crippen molar-refractivity contribution in [3.63, 3.8) is 0 Å². The van der Waals surface area contributed by atoms with E-state index in [1.807, 2.05) is 56.3 Å². The number of H-pyrrole nitrogens is 2. The number of nitrogens with zero attached hydrogens (tertiary/aromatic N) is 2. The van der Waals surface area contributed by atoms with Crippen molar-refractivity contribution in [1.82, 2.24) is 25.1 Å². The van der Waals surface area contributed by atoms with Crippen LogP contribution in [0.5, 0.6) is 11.5 Å². The second-order valence-electron chi connectivity index (χ2n) is 13.7. The van der Waals surface area contributed by atoms with Crippen molar-refractivity contribution in [2.24, 2.45) is 5.92 Å². The van der Waals surface area contributed by atoms with Crippen molar-refractivity contribution in [2.75, 3.05) is 45.9 Å². The van der Waals surface area contributed by atoms with Gasteiger partial charge in [0.05, 0.1) is 18.8 Å². The number of carboxylic acids is 1. The molecule has 3 fully saturated rings. The van der Waals surface area contributed by atoms with Crippen molar-refractivity contribution in [2.45, 2.75) is 70.6 Å². The number of hydrogen-bond acceptors (Lipinski definition) is 7. The number of aromatic amines is 2. The zero-order valence-electron chi connectivity index (χ0n) is 28.0. The van der Waals surface area contributed by atoms with Gasteiger partial charge in [0.1, 0.15) is 22.9 Å². The molecule has 3 aliphatic rings. The molecule has 0 radical (unpaired) electrons. The van der Waals surface area contributed by atoms with E-state index in [4.69, 9.17) is 14.6 Å². The van der Waals surface area contributed by atoms with Gasteiger partial charge in [-0.05, 0) is 94.7 Å². The van der Waals surface area contributed by atoms with E-state index >= 15 is 0 Å². The smallest absolute Gasteiger partial charge is 0.352 e. The molecule has 11 heteroatoms. The molecule has 1 amide bonds. The Labute approximate surface area is 281 Å². The van der Waals surface area contributed by atoms with Gasteiger partial charge in [0.2, 0.25) is 0 Å². The van der Waals surface area contributed by atoms with Crippen LogP contribution in [0.2, 0.25) is 0 Å². The van der Waals surface area contributed by atoms with E-state index in [2.05, 4.69) is 25.1 Å². The number of carbonyl (C=O) groups is 2. The van der Waals surface area contributed by atoms with Crippen molar-refractivity contribution >= 4 is 33.7 Å². The van der Waals surface area contributed by atoms with E-state index in [1.54, 1.807) is 6.07 Å². The highest BCUT2D eigenvalue weighted by molar-refractivity contribution is 6.00. The Balaban J connectivity index is 0.000000198.